The molecule has 0 aliphatic carbocycles. The van der Waals surface area contributed by atoms with Crippen molar-refractivity contribution in [2.75, 3.05) is 17.7 Å². The fraction of sp³-hybridized carbons (Fsp3) is 0.500. The van der Waals surface area contributed by atoms with Gasteiger partial charge >= 0.3 is 0 Å². The lowest BCUT2D eigenvalue weighted by molar-refractivity contribution is 0.235. The first-order chi connectivity index (χ1) is 14.2. The van der Waals surface area contributed by atoms with Crippen LogP contribution in [0.1, 0.15) is 59.2 Å². The molecule has 0 spiro atoms. The molecule has 0 aliphatic rings. The Morgan fingerprint density at radius 2 is 1.93 bits per heavy atom. The topological polar surface area (TPSA) is 117 Å². The summed E-state index contributed by atoms with van der Waals surface area (Å²) in [6, 6.07) is 7.39. The van der Waals surface area contributed by atoms with Gasteiger partial charge in [-0.25, -0.2) is 4.99 Å². The van der Waals surface area contributed by atoms with Gasteiger partial charge in [0, 0.05) is 17.4 Å². The maximum Gasteiger partial charge on any atom is 0.228 e. The van der Waals surface area contributed by atoms with Crippen molar-refractivity contribution < 1.29 is 5.11 Å². The average Bonchev–Trinajstić information content (AvgIpc) is 3.10. The number of anilines is 3. The molecule has 2 heterocycles. The van der Waals surface area contributed by atoms with Crippen molar-refractivity contribution in [1.29, 1.82) is 0 Å². The number of hydrogen-bond donors (Lipinski definition) is 4. The molecule has 3 aromatic rings. The lowest BCUT2D eigenvalue weighted by Gasteiger charge is -2.19. The lowest BCUT2D eigenvalue weighted by atomic mass is 10.1. The van der Waals surface area contributed by atoms with Gasteiger partial charge in [-0.2, -0.15) is 10.1 Å². The number of nitrogen functional groups attached to an aromatic ring is 1. The van der Waals surface area contributed by atoms with Crippen LogP contribution in [-0.2, 0) is 0 Å². The minimum atomic E-state index is -0.241. The molecule has 8 nitrogen and oxygen atoms in total. The third kappa shape index (κ3) is 4.33. The third-order valence-corrected chi connectivity index (χ3v) is 5.14. The van der Waals surface area contributed by atoms with E-state index in [1.807, 2.05) is 38.1 Å². The Balaban J connectivity index is 2.34. The zero-order valence-electron chi connectivity index (χ0n) is 18.6. The van der Waals surface area contributed by atoms with E-state index in [9.17, 15) is 5.11 Å². The molecule has 8 heteroatoms. The van der Waals surface area contributed by atoms with Gasteiger partial charge in [-0.05, 0) is 43.9 Å². The molecule has 0 fully saturated rings. The molecule has 2 aromatic heterocycles. The van der Waals surface area contributed by atoms with Crippen LogP contribution in [-0.4, -0.2) is 37.5 Å². The van der Waals surface area contributed by atoms with E-state index in [0.717, 1.165) is 22.4 Å². The Bertz CT molecular complexity index is 1080. The van der Waals surface area contributed by atoms with Crippen molar-refractivity contribution in [2.45, 2.75) is 59.5 Å². The van der Waals surface area contributed by atoms with Gasteiger partial charge < -0.3 is 20.7 Å². The van der Waals surface area contributed by atoms with Crippen LogP contribution in [0, 0.1) is 5.92 Å². The fourth-order valence-corrected chi connectivity index (χ4v) is 3.44. The highest BCUT2D eigenvalue weighted by Gasteiger charge is 2.21. The highest BCUT2D eigenvalue weighted by atomic mass is 16.3. The second-order valence-corrected chi connectivity index (χ2v) is 8.59. The van der Waals surface area contributed by atoms with Crippen molar-refractivity contribution in [3.63, 3.8) is 0 Å². The molecule has 0 saturated heterocycles. The van der Waals surface area contributed by atoms with Crippen molar-refractivity contribution in [3.05, 3.63) is 35.6 Å². The zero-order chi connectivity index (χ0) is 22.0. The Hall–Kier alpha value is -2.87. The fourth-order valence-electron chi connectivity index (χ4n) is 3.44. The third-order valence-electron chi connectivity index (χ3n) is 5.14. The predicted octanol–water partition coefficient (Wildman–Crippen LogP) is 3.71. The Labute approximate surface area is 177 Å². The van der Waals surface area contributed by atoms with Crippen molar-refractivity contribution in [1.82, 2.24) is 19.7 Å². The molecule has 0 amide bonds. The maximum absolute atomic E-state index is 9.86. The molecule has 0 aliphatic heterocycles. The van der Waals surface area contributed by atoms with E-state index < -0.39 is 0 Å². The minimum absolute atomic E-state index is 0.0319. The van der Waals surface area contributed by atoms with E-state index in [1.54, 1.807) is 0 Å². The van der Waals surface area contributed by atoms with Gasteiger partial charge in [-0.15, -0.1) is 0 Å². The summed E-state index contributed by atoms with van der Waals surface area (Å²) in [5.74, 6) is 1.04. The molecule has 162 valence electrons. The predicted molar refractivity (Wildman–Crippen MR) is 122 cm³/mol. The van der Waals surface area contributed by atoms with Gasteiger partial charge in [-0.3, -0.25) is 5.10 Å². The molecular formula is C22H33N7O. The Morgan fingerprint density at radius 1 is 1.20 bits per heavy atom. The molecule has 0 radical (unpaired) electrons. The van der Waals surface area contributed by atoms with Gasteiger partial charge in [0.15, 0.2) is 11.3 Å². The monoisotopic (exact) mass is 411 g/mol. The van der Waals surface area contributed by atoms with E-state index in [4.69, 9.17) is 15.7 Å². The highest BCUT2D eigenvalue weighted by Crippen LogP contribution is 2.29. The molecule has 0 saturated carbocycles. The average molecular weight is 412 g/mol. The van der Waals surface area contributed by atoms with E-state index in [2.05, 4.69) is 47.8 Å². The van der Waals surface area contributed by atoms with Crippen LogP contribution in [0.15, 0.2) is 29.3 Å². The summed E-state index contributed by atoms with van der Waals surface area (Å²) in [4.78, 5) is 9.68. The molecule has 1 atom stereocenters. The standard InChI is InChI=1S/C22H33N7O/c1-12(2)17(11-30)25-22-26-21(24-16-9-7-8-15(23)10-16)19-20(29(22)14(5)6)18(13(3)4)27-28-19/h7-10,12-14,17,30H,11,23H2,1-6H3,(H,27,28)(H,24,25,26). The van der Waals surface area contributed by atoms with Crippen LogP contribution >= 0.6 is 0 Å². The van der Waals surface area contributed by atoms with E-state index >= 15 is 0 Å². The second kappa shape index (κ2) is 8.87. The normalized spacial score (nSPS) is 13.7. The number of aliphatic hydroxyl groups excluding tert-OH is 1. The zero-order valence-corrected chi connectivity index (χ0v) is 18.6. The maximum atomic E-state index is 9.86. The number of fused-ring (bicyclic) bond motifs is 1. The van der Waals surface area contributed by atoms with Gasteiger partial charge in [-0.1, -0.05) is 33.8 Å². The number of aromatic nitrogens is 4. The largest absolute Gasteiger partial charge is 0.399 e. The number of aliphatic hydroxyl groups is 1. The summed E-state index contributed by atoms with van der Waals surface area (Å²) in [5.41, 5.74) is 10.8. The number of nitrogens with one attached hydrogen (secondary N) is 2. The summed E-state index contributed by atoms with van der Waals surface area (Å²) in [7, 11) is 0. The number of aromatic amines is 1. The molecule has 3 rings (SSSR count). The van der Waals surface area contributed by atoms with Crippen LogP contribution in [0.2, 0.25) is 0 Å². The van der Waals surface area contributed by atoms with E-state index in [1.165, 1.54) is 0 Å². The minimum Gasteiger partial charge on any atom is -0.399 e. The van der Waals surface area contributed by atoms with Gasteiger partial charge in [0.05, 0.1) is 23.9 Å². The van der Waals surface area contributed by atoms with E-state index in [0.29, 0.717) is 17.1 Å². The summed E-state index contributed by atoms with van der Waals surface area (Å²) < 4.78 is 2.10. The summed E-state index contributed by atoms with van der Waals surface area (Å²) in [6.07, 6.45) is 0. The second-order valence-electron chi connectivity index (χ2n) is 8.59. The molecule has 0 bridgehead atoms. The first-order valence-corrected chi connectivity index (χ1v) is 10.5. The Kier molecular flexibility index (Phi) is 6.45. The van der Waals surface area contributed by atoms with Crippen molar-refractivity contribution in [3.8, 4) is 0 Å². The van der Waals surface area contributed by atoms with Crippen molar-refractivity contribution >= 4 is 28.2 Å². The number of rotatable bonds is 7. The van der Waals surface area contributed by atoms with Crippen LogP contribution in [0.25, 0.3) is 11.0 Å². The molecule has 30 heavy (non-hydrogen) atoms. The quantitative estimate of drug-likeness (QED) is 0.442. The number of nitrogens with two attached hydrogens (primary N) is 1. The van der Waals surface area contributed by atoms with Gasteiger partial charge in [0.1, 0.15) is 0 Å². The molecule has 1 aromatic carbocycles. The number of benzene rings is 1. The summed E-state index contributed by atoms with van der Waals surface area (Å²) in [6.45, 7) is 12.5. The van der Waals surface area contributed by atoms with Crippen LogP contribution in [0.5, 0.6) is 0 Å². The number of nitrogens with zero attached hydrogens (tertiary/aromatic N) is 4. The molecule has 5 N–H and O–H groups in total. The molecular weight excluding hydrogens is 378 g/mol. The number of H-pyrrole nitrogens is 1. The SMILES string of the molecule is CC(C)c1[nH]nc2c(Nc3cccc(N)c3)nc(=NC(CO)C(C)C)n(C(C)C)c12. The smallest absolute Gasteiger partial charge is 0.228 e. The number of hydrogen-bond acceptors (Lipinski definition) is 6. The summed E-state index contributed by atoms with van der Waals surface area (Å²) in [5, 5.41) is 21.0. The first-order valence-electron chi connectivity index (χ1n) is 10.5. The molecule has 1 unspecified atom stereocenters. The van der Waals surface area contributed by atoms with Crippen LogP contribution < -0.4 is 16.7 Å². The van der Waals surface area contributed by atoms with Gasteiger partial charge in [0.25, 0.3) is 0 Å². The van der Waals surface area contributed by atoms with Crippen molar-refractivity contribution in [2.24, 2.45) is 10.9 Å². The first kappa shape index (κ1) is 21.8. The van der Waals surface area contributed by atoms with Crippen LogP contribution in [0.3, 0.4) is 0 Å². The summed E-state index contributed by atoms with van der Waals surface area (Å²) >= 11 is 0. The lowest BCUT2D eigenvalue weighted by Crippen LogP contribution is -2.32. The highest BCUT2D eigenvalue weighted by molar-refractivity contribution is 5.89. The van der Waals surface area contributed by atoms with Crippen LogP contribution in [0.4, 0.5) is 17.2 Å². The van der Waals surface area contributed by atoms with Gasteiger partial charge in [0.2, 0.25) is 5.62 Å². The van der Waals surface area contributed by atoms with E-state index in [-0.39, 0.29) is 30.5 Å². The Morgan fingerprint density at radius 3 is 2.50 bits per heavy atom.